The fourth-order valence-electron chi connectivity index (χ4n) is 3.73. The summed E-state index contributed by atoms with van der Waals surface area (Å²) in [4.78, 5) is 28.8. The van der Waals surface area contributed by atoms with E-state index in [1.54, 1.807) is 64.4 Å². The molecule has 0 saturated carbocycles. The minimum Gasteiger partial charge on any atom is -0.320 e. The third kappa shape index (κ3) is 5.43. The molecule has 0 spiro atoms. The Bertz CT molecular complexity index is 1210. The molecule has 7 nitrogen and oxygen atoms in total. The number of urea groups is 2. The van der Waals surface area contributed by atoms with E-state index >= 15 is 0 Å². The molecule has 1 fully saturated rings. The molecule has 1 aliphatic rings. The van der Waals surface area contributed by atoms with Crippen LogP contribution in [0.2, 0.25) is 5.02 Å². The summed E-state index contributed by atoms with van der Waals surface area (Å²) in [5.74, 6) is 0. The molecule has 4 rings (SSSR count). The van der Waals surface area contributed by atoms with Crippen LogP contribution in [0.15, 0.2) is 72.8 Å². The van der Waals surface area contributed by atoms with Crippen molar-refractivity contribution < 1.29 is 9.59 Å². The highest BCUT2D eigenvalue weighted by molar-refractivity contribution is 6.30. The van der Waals surface area contributed by atoms with Gasteiger partial charge in [-0.25, -0.2) is 9.59 Å². The molecule has 0 aliphatic carbocycles. The van der Waals surface area contributed by atoms with Crippen molar-refractivity contribution in [3.63, 3.8) is 0 Å². The topological polar surface area (TPSA) is 88.5 Å². The van der Waals surface area contributed by atoms with Gasteiger partial charge in [-0.15, -0.1) is 0 Å². The molecule has 3 aromatic rings. The summed E-state index contributed by atoms with van der Waals surface area (Å²) in [5, 5.41) is 15.4. The molecule has 166 valence electrons. The highest BCUT2D eigenvalue weighted by Crippen LogP contribution is 2.24. The Morgan fingerprint density at radius 1 is 0.970 bits per heavy atom. The van der Waals surface area contributed by atoms with Crippen LogP contribution in [0, 0.1) is 11.3 Å². The number of carbonyl (C=O) groups is 2. The molecule has 1 saturated heterocycles. The van der Waals surface area contributed by atoms with Gasteiger partial charge in [-0.05, 0) is 60.5 Å². The van der Waals surface area contributed by atoms with Gasteiger partial charge in [0.2, 0.25) is 0 Å². The summed E-state index contributed by atoms with van der Waals surface area (Å²) in [5.41, 5.74) is 3.35. The fourth-order valence-corrected chi connectivity index (χ4v) is 3.92. The maximum Gasteiger partial charge on any atom is 0.324 e. The predicted molar refractivity (Wildman–Crippen MR) is 129 cm³/mol. The van der Waals surface area contributed by atoms with E-state index in [4.69, 9.17) is 11.6 Å². The number of carbonyl (C=O) groups excluding carboxylic acids is 2. The van der Waals surface area contributed by atoms with E-state index in [2.05, 4.69) is 16.7 Å². The summed E-state index contributed by atoms with van der Waals surface area (Å²) in [6.45, 7) is 1.64. The van der Waals surface area contributed by atoms with E-state index in [0.717, 1.165) is 17.7 Å². The zero-order valence-corrected chi connectivity index (χ0v) is 18.5. The van der Waals surface area contributed by atoms with Crippen LogP contribution in [0.4, 0.5) is 26.7 Å². The first-order valence-corrected chi connectivity index (χ1v) is 10.9. The molecule has 4 amide bonds. The highest BCUT2D eigenvalue weighted by atomic mass is 35.5. The molecule has 2 N–H and O–H groups in total. The third-order valence-electron chi connectivity index (χ3n) is 5.33. The van der Waals surface area contributed by atoms with E-state index in [0.29, 0.717) is 41.6 Å². The number of nitriles is 1. The summed E-state index contributed by atoms with van der Waals surface area (Å²) >= 11 is 5.94. The zero-order chi connectivity index (χ0) is 23.2. The predicted octanol–water partition coefficient (Wildman–Crippen LogP) is 5.69. The van der Waals surface area contributed by atoms with E-state index in [-0.39, 0.29) is 12.1 Å². The van der Waals surface area contributed by atoms with Crippen LogP contribution < -0.4 is 15.5 Å². The number of nitrogens with zero attached hydrogens (tertiary/aromatic N) is 3. The number of benzene rings is 3. The minimum absolute atomic E-state index is 0.103. The van der Waals surface area contributed by atoms with Crippen molar-refractivity contribution in [2.24, 2.45) is 0 Å². The van der Waals surface area contributed by atoms with Crippen molar-refractivity contribution in [1.82, 2.24) is 4.90 Å². The summed E-state index contributed by atoms with van der Waals surface area (Å²) in [6, 6.07) is 23.0. The number of amides is 4. The summed E-state index contributed by atoms with van der Waals surface area (Å²) in [7, 11) is 0. The van der Waals surface area contributed by atoms with Crippen molar-refractivity contribution in [2.75, 3.05) is 28.6 Å². The number of hydrogen-bond acceptors (Lipinski definition) is 3. The van der Waals surface area contributed by atoms with Gasteiger partial charge in [-0.2, -0.15) is 5.26 Å². The van der Waals surface area contributed by atoms with E-state index in [1.165, 1.54) is 0 Å². The standard InChI is InChI=1S/C25H22ClN5O2/c26-20-7-3-8-22(15-20)29-24(32)28-21-9-11-23(12-10-21)31-14-4-13-30(25(31)33)17-19-6-2-1-5-18(19)16-27/h1-3,5-12,15H,4,13-14,17H2,(H2,28,29,32). The second kappa shape index (κ2) is 10.1. The quantitative estimate of drug-likeness (QED) is 0.513. The number of halogens is 1. The molecule has 0 aromatic heterocycles. The molecule has 33 heavy (non-hydrogen) atoms. The Morgan fingerprint density at radius 2 is 1.73 bits per heavy atom. The molecule has 1 aliphatic heterocycles. The van der Waals surface area contributed by atoms with Crippen LogP contribution in [0.1, 0.15) is 17.5 Å². The lowest BCUT2D eigenvalue weighted by molar-refractivity contribution is 0.192. The number of nitrogens with one attached hydrogen (secondary N) is 2. The smallest absolute Gasteiger partial charge is 0.320 e. The summed E-state index contributed by atoms with van der Waals surface area (Å²) in [6.07, 6.45) is 0.822. The molecule has 0 atom stereocenters. The van der Waals surface area contributed by atoms with Gasteiger partial charge in [0.05, 0.1) is 11.6 Å². The third-order valence-corrected chi connectivity index (χ3v) is 5.56. The first-order valence-electron chi connectivity index (χ1n) is 10.5. The maximum atomic E-state index is 13.1. The van der Waals surface area contributed by atoms with Gasteiger partial charge >= 0.3 is 12.1 Å². The van der Waals surface area contributed by atoms with Crippen molar-refractivity contribution in [2.45, 2.75) is 13.0 Å². The summed E-state index contributed by atoms with van der Waals surface area (Å²) < 4.78 is 0. The van der Waals surface area contributed by atoms with Crippen molar-refractivity contribution >= 4 is 40.7 Å². The molecular weight excluding hydrogens is 438 g/mol. The van der Waals surface area contributed by atoms with Crippen LogP contribution in [0.25, 0.3) is 0 Å². The zero-order valence-electron chi connectivity index (χ0n) is 17.8. The first kappa shape index (κ1) is 22.2. The Hall–Kier alpha value is -4.02. The molecular formula is C25H22ClN5O2. The molecule has 0 unspecified atom stereocenters. The van der Waals surface area contributed by atoms with Gasteiger partial charge in [-0.1, -0.05) is 35.9 Å². The SMILES string of the molecule is N#Cc1ccccc1CN1CCCN(c2ccc(NC(=O)Nc3cccc(Cl)c3)cc2)C1=O. The Labute approximate surface area is 197 Å². The average molecular weight is 460 g/mol. The first-order chi connectivity index (χ1) is 16.0. The monoisotopic (exact) mass is 459 g/mol. The lowest BCUT2D eigenvalue weighted by Gasteiger charge is -2.36. The fraction of sp³-hybridized carbons (Fsp3) is 0.160. The number of anilines is 3. The van der Waals surface area contributed by atoms with E-state index in [1.807, 2.05) is 18.2 Å². The second-order valence-corrected chi connectivity index (χ2v) is 8.05. The molecule has 0 bridgehead atoms. The molecule has 1 heterocycles. The molecule has 8 heteroatoms. The van der Waals surface area contributed by atoms with Gasteiger partial charge in [0.15, 0.2) is 0 Å². The van der Waals surface area contributed by atoms with Crippen LogP contribution in [0.3, 0.4) is 0 Å². The number of hydrogen-bond donors (Lipinski definition) is 2. The molecule has 0 radical (unpaired) electrons. The average Bonchev–Trinajstić information content (AvgIpc) is 2.81. The Morgan fingerprint density at radius 3 is 2.48 bits per heavy atom. The van der Waals surface area contributed by atoms with Crippen molar-refractivity contribution in [1.29, 1.82) is 5.26 Å². The van der Waals surface area contributed by atoms with Gasteiger partial charge in [0, 0.05) is 41.7 Å². The van der Waals surface area contributed by atoms with Gasteiger partial charge in [0.1, 0.15) is 0 Å². The Balaban J connectivity index is 1.40. The van der Waals surface area contributed by atoms with Crippen LogP contribution in [0.5, 0.6) is 0 Å². The van der Waals surface area contributed by atoms with Gasteiger partial charge in [-0.3, -0.25) is 4.90 Å². The highest BCUT2D eigenvalue weighted by Gasteiger charge is 2.27. The second-order valence-electron chi connectivity index (χ2n) is 7.61. The van der Waals surface area contributed by atoms with Gasteiger partial charge in [0.25, 0.3) is 0 Å². The van der Waals surface area contributed by atoms with Crippen LogP contribution in [-0.4, -0.2) is 30.1 Å². The lowest BCUT2D eigenvalue weighted by Crippen LogP contribution is -2.49. The lowest BCUT2D eigenvalue weighted by atomic mass is 10.1. The molecule has 3 aromatic carbocycles. The van der Waals surface area contributed by atoms with Crippen LogP contribution >= 0.6 is 11.6 Å². The normalized spacial score (nSPS) is 13.4. The Kier molecular flexibility index (Phi) is 6.77. The van der Waals surface area contributed by atoms with E-state index in [9.17, 15) is 14.9 Å². The maximum absolute atomic E-state index is 13.1. The number of rotatable bonds is 5. The van der Waals surface area contributed by atoms with Crippen molar-refractivity contribution in [3.8, 4) is 6.07 Å². The van der Waals surface area contributed by atoms with Gasteiger partial charge < -0.3 is 15.5 Å². The van der Waals surface area contributed by atoms with E-state index < -0.39 is 0 Å². The van der Waals surface area contributed by atoms with Crippen molar-refractivity contribution in [3.05, 3.63) is 88.9 Å². The largest absolute Gasteiger partial charge is 0.324 e. The minimum atomic E-state index is -0.388. The van der Waals surface area contributed by atoms with Crippen LogP contribution in [-0.2, 0) is 6.54 Å².